The zero-order chi connectivity index (χ0) is 106. The summed E-state index contributed by atoms with van der Waals surface area (Å²) in [5.74, 6) is -2.61. The zero-order valence-corrected chi connectivity index (χ0v) is 90.5. The first-order chi connectivity index (χ1) is 65.1. The van der Waals surface area contributed by atoms with Gasteiger partial charge in [-0.25, -0.2) is 38.4 Å². The van der Waals surface area contributed by atoms with Crippen LogP contribution in [-0.4, -0.2) is 164 Å². The lowest BCUT2D eigenvalue weighted by molar-refractivity contribution is -0.203. The molecule has 0 radical (unpaired) electrons. The minimum absolute atomic E-state index is 0.0141. The van der Waals surface area contributed by atoms with E-state index >= 15 is 0 Å². The van der Waals surface area contributed by atoms with Crippen LogP contribution in [0.3, 0.4) is 0 Å². The van der Waals surface area contributed by atoms with E-state index in [9.17, 15) is 62.3 Å². The van der Waals surface area contributed by atoms with Crippen molar-refractivity contribution in [2.75, 3.05) is 46.2 Å². The quantitative estimate of drug-likeness (QED) is 0.0227. The predicted octanol–water partition coefficient (Wildman–Crippen LogP) is 23.9. The molecular formula is C113H172O27. The predicted molar refractivity (Wildman–Crippen MR) is 538 cm³/mol. The van der Waals surface area contributed by atoms with Crippen molar-refractivity contribution in [2.45, 2.75) is 400 Å². The molecule has 0 aliphatic heterocycles. The van der Waals surface area contributed by atoms with Crippen molar-refractivity contribution in [2.24, 2.45) is 46.3 Å². The molecule has 9 rings (SSSR count). The van der Waals surface area contributed by atoms with Gasteiger partial charge in [-0.2, -0.15) is 0 Å². The van der Waals surface area contributed by atoms with E-state index in [1.54, 1.807) is 79.7 Å². The van der Waals surface area contributed by atoms with Crippen molar-refractivity contribution >= 4 is 77.6 Å². The Kier molecular flexibility index (Phi) is 51.7. The van der Waals surface area contributed by atoms with Crippen LogP contribution in [0.4, 0.5) is 0 Å². The Hall–Kier alpha value is -10.2. The van der Waals surface area contributed by atoms with Gasteiger partial charge >= 0.3 is 77.6 Å². The second kappa shape index (κ2) is 58.4. The van der Waals surface area contributed by atoms with Crippen molar-refractivity contribution < 1.29 is 129 Å². The Bertz CT molecular complexity index is 4540. The summed E-state index contributed by atoms with van der Waals surface area (Å²) in [6.45, 7) is 57.9. The van der Waals surface area contributed by atoms with E-state index in [-0.39, 0.29) is 81.3 Å². The van der Waals surface area contributed by atoms with Crippen molar-refractivity contribution in [1.82, 2.24) is 0 Å². The summed E-state index contributed by atoms with van der Waals surface area (Å²) in [7, 11) is 0. The van der Waals surface area contributed by atoms with Crippen molar-refractivity contribution in [3.63, 3.8) is 0 Å². The highest BCUT2D eigenvalue weighted by Gasteiger charge is 2.59. The number of benzene rings is 4. The summed E-state index contributed by atoms with van der Waals surface area (Å²) in [5, 5.41) is 0. The van der Waals surface area contributed by atoms with Crippen LogP contribution in [0.5, 0.6) is 5.75 Å². The lowest BCUT2D eigenvalue weighted by Crippen LogP contribution is -2.57. The molecule has 0 heterocycles. The minimum atomic E-state index is -0.932. The second-order valence-corrected chi connectivity index (χ2v) is 43.4. The number of hydrogen-bond donors (Lipinski definition) is 0. The van der Waals surface area contributed by atoms with Crippen LogP contribution >= 0.6 is 0 Å². The number of esters is 13. The van der Waals surface area contributed by atoms with E-state index in [1.807, 2.05) is 170 Å². The molecular weight excluding hydrogens is 1790 g/mol. The van der Waals surface area contributed by atoms with Gasteiger partial charge in [0, 0.05) is 11.8 Å². The topological polar surface area (TPSA) is 351 Å². The van der Waals surface area contributed by atoms with Gasteiger partial charge < -0.3 is 66.3 Å². The third kappa shape index (κ3) is 45.8. The fourth-order valence-corrected chi connectivity index (χ4v) is 16.2. The van der Waals surface area contributed by atoms with Crippen LogP contribution in [0.25, 0.3) is 0 Å². The third-order valence-corrected chi connectivity index (χ3v) is 25.7. The Morgan fingerprint density at radius 1 is 0.371 bits per heavy atom. The highest BCUT2D eigenvalue weighted by molar-refractivity contribution is 5.93. The van der Waals surface area contributed by atoms with Gasteiger partial charge in [0.15, 0.2) is 32.5 Å². The second-order valence-electron chi connectivity index (χ2n) is 43.4. The van der Waals surface area contributed by atoms with Gasteiger partial charge in [-0.05, 0) is 340 Å². The molecule has 5 saturated carbocycles. The van der Waals surface area contributed by atoms with E-state index < -0.39 is 117 Å². The molecule has 8 unspecified atom stereocenters. The molecule has 4 bridgehead atoms. The van der Waals surface area contributed by atoms with Gasteiger partial charge in [0.1, 0.15) is 52.6 Å². The molecule has 8 atom stereocenters. The van der Waals surface area contributed by atoms with Crippen molar-refractivity contribution in [3.8, 4) is 5.75 Å². The molecule has 0 aromatic heterocycles. The monoisotopic (exact) mass is 1960 g/mol. The molecule has 5 aliphatic carbocycles. The Morgan fingerprint density at radius 3 is 1.26 bits per heavy atom. The molecule has 5 fully saturated rings. The largest absolute Gasteiger partial charge is 0.482 e. The third-order valence-electron chi connectivity index (χ3n) is 25.7. The number of carbonyl (C=O) groups excluding carboxylic acids is 13. The maximum Gasteiger partial charge on any atom is 0.347 e. The molecule has 4 aromatic carbocycles. The van der Waals surface area contributed by atoms with Gasteiger partial charge in [-0.3, -0.25) is 24.0 Å². The van der Waals surface area contributed by atoms with E-state index in [4.69, 9.17) is 66.3 Å². The highest BCUT2D eigenvalue weighted by atomic mass is 16.6. The molecule has 0 saturated heterocycles. The average molecular weight is 1960 g/mol. The first-order valence-corrected chi connectivity index (χ1v) is 50.7. The van der Waals surface area contributed by atoms with Gasteiger partial charge in [-0.1, -0.05) is 151 Å². The molecule has 0 spiro atoms. The molecule has 27 heteroatoms. The summed E-state index contributed by atoms with van der Waals surface area (Å²) >= 11 is 0. The van der Waals surface area contributed by atoms with Crippen LogP contribution in [-0.2, 0) is 110 Å². The molecule has 27 nitrogen and oxygen atoms in total. The van der Waals surface area contributed by atoms with E-state index in [1.165, 1.54) is 31.7 Å². The van der Waals surface area contributed by atoms with Gasteiger partial charge in [-0.15, -0.1) is 0 Å². The lowest BCUT2D eigenvalue weighted by Gasteiger charge is -2.61. The Balaban J connectivity index is 0.000000445. The fraction of sp³-hybridized carbons (Fsp3) is 0.673. The number of ether oxygens (including phenoxy) is 14. The van der Waals surface area contributed by atoms with Crippen molar-refractivity contribution in [1.29, 1.82) is 0 Å². The van der Waals surface area contributed by atoms with Crippen molar-refractivity contribution in [3.05, 3.63) is 136 Å². The Morgan fingerprint density at radius 2 is 0.793 bits per heavy atom. The molecule has 0 amide bonds. The van der Waals surface area contributed by atoms with Crippen LogP contribution in [0.1, 0.15) is 414 Å². The van der Waals surface area contributed by atoms with E-state index in [0.29, 0.717) is 72.5 Å². The van der Waals surface area contributed by atoms with Gasteiger partial charge in [0.05, 0.1) is 46.5 Å². The van der Waals surface area contributed by atoms with E-state index in [0.717, 1.165) is 104 Å². The molecule has 5 aliphatic rings. The summed E-state index contributed by atoms with van der Waals surface area (Å²) in [6.07, 6.45) is 16.0. The Labute approximate surface area is 836 Å². The van der Waals surface area contributed by atoms with Gasteiger partial charge in [0.2, 0.25) is 0 Å². The zero-order valence-electron chi connectivity index (χ0n) is 90.5. The molecule has 786 valence electrons. The fourth-order valence-electron chi connectivity index (χ4n) is 16.2. The van der Waals surface area contributed by atoms with Crippen LogP contribution in [0.2, 0.25) is 0 Å². The molecule has 140 heavy (non-hydrogen) atoms. The normalized spacial score (nSPS) is 18.3. The number of hydrogen-bond acceptors (Lipinski definition) is 27. The maximum absolute atomic E-state index is 13.0. The summed E-state index contributed by atoms with van der Waals surface area (Å²) in [5.41, 5.74) is 1.99. The number of carbonyl (C=O) groups is 13. The standard InChI is InChI=1S/C31H48O8.2C18H26O4.C17H24O4.C16H24O3.C13H24O4/c1-6-29(2,3)28(35)37-12-11-36-26(33)23-9-7-8-10-24(23)27(34)38-19-25(32)39-30(4,5)31-16-20-13-21(17-31)15-22(14-20)18-31;1-7-12(2)14-9-8-10-15(11-14)17(20)21-13(3)16(19)22-18(4,5)6;1-6-13(3)14-9-8-10-15(11-14)17(20)21-12-16(19)22-18(4,5)7-2;1-6-12(2)13-7-9-14(10-8-13)16(19)20-11-15(18)21-17(3,4)5;1-6-12(2)13-9-7-8-10-14(13)18-11-15(17)19-16(3,4)5;1-6-10(2)12(15)16-9-7-8-11(14)17-13(3,4)5/h20-24H,6-19H2,1-5H3;8-13H,7H2,1-6H3;8-11,13H,6-7,12H2,1-5H3;7-10,12H,6,11H2,1-5H3;7-10,12H,6,11H2,1-5H3;10H,6-9H2,1-5H3. The smallest absolute Gasteiger partial charge is 0.347 e. The van der Waals surface area contributed by atoms with Crippen LogP contribution in [0.15, 0.2) is 97.1 Å². The maximum atomic E-state index is 13.0. The first-order valence-electron chi connectivity index (χ1n) is 50.7. The minimum Gasteiger partial charge on any atom is -0.482 e. The summed E-state index contributed by atoms with van der Waals surface area (Å²) in [6, 6.07) is 29.8. The van der Waals surface area contributed by atoms with Crippen LogP contribution in [0, 0.1) is 46.3 Å². The molecule has 4 aromatic rings. The SMILES string of the molecule is CCC(C)(C)C(=O)OCCOC(=O)C1CCCCC1C(=O)OCC(=O)OC(C)(C)C12CC3CC(CC(C3)C1)C2.CCC(C)C(=O)OCCCC(=O)OC(C)(C)C.CCC(C)c1ccc(C(=O)OCC(=O)OC(C)(C)C)cc1.CCC(C)c1cccc(C(=O)OC(C)C(=O)OC(C)(C)C)c1.CCC(C)c1cccc(C(=O)OCC(=O)OC(C)(C)CC)c1.CCC(C)c1ccccc1OCC(=O)OC(C)(C)C. The number of para-hydroxylation sites is 1. The average Bonchev–Trinajstić information content (AvgIpc) is 0.722. The summed E-state index contributed by atoms with van der Waals surface area (Å²) < 4.78 is 73.7. The first kappa shape index (κ1) is 124. The highest BCUT2D eigenvalue weighted by Crippen LogP contribution is 2.64. The number of rotatable bonds is 39. The lowest BCUT2D eigenvalue weighted by atomic mass is 9.46. The van der Waals surface area contributed by atoms with Crippen LogP contribution < -0.4 is 4.74 Å². The molecule has 0 N–H and O–H groups in total. The van der Waals surface area contributed by atoms with E-state index in [2.05, 4.69) is 55.4 Å². The van der Waals surface area contributed by atoms with Gasteiger partial charge in [0.25, 0.3) is 0 Å². The summed E-state index contributed by atoms with van der Waals surface area (Å²) in [4.78, 5) is 156.